The molecular weight excluding hydrogens is 354 g/mol. The molecule has 28 heavy (non-hydrogen) atoms. The zero-order chi connectivity index (χ0) is 20.5. The van der Waals surface area contributed by atoms with Crippen molar-refractivity contribution in [1.82, 2.24) is 15.2 Å². The summed E-state index contributed by atoms with van der Waals surface area (Å²) in [6.45, 7) is 8.14. The van der Waals surface area contributed by atoms with E-state index in [1.54, 1.807) is 17.1 Å². The molecule has 6 nitrogen and oxygen atoms in total. The highest BCUT2D eigenvalue weighted by Gasteiger charge is 2.21. The minimum atomic E-state index is -0.269. The summed E-state index contributed by atoms with van der Waals surface area (Å²) in [7, 11) is 0. The average Bonchev–Trinajstić information content (AvgIpc) is 3.19. The zero-order valence-corrected chi connectivity index (χ0v) is 17.0. The molecule has 2 aromatic rings. The van der Waals surface area contributed by atoms with Gasteiger partial charge in [-0.1, -0.05) is 44.2 Å². The molecule has 1 N–H and O–H groups in total. The van der Waals surface area contributed by atoms with Crippen molar-refractivity contribution in [2.24, 2.45) is 0 Å². The second-order valence-corrected chi connectivity index (χ2v) is 6.88. The van der Waals surface area contributed by atoms with E-state index in [9.17, 15) is 9.59 Å². The van der Waals surface area contributed by atoms with E-state index in [0.717, 1.165) is 18.4 Å². The van der Waals surface area contributed by atoms with Gasteiger partial charge in [-0.3, -0.25) is 9.59 Å². The van der Waals surface area contributed by atoms with Crippen LogP contribution >= 0.6 is 0 Å². The molecule has 0 fully saturated rings. The highest BCUT2D eigenvalue weighted by atomic mass is 16.3. The van der Waals surface area contributed by atoms with E-state index in [1.165, 1.54) is 6.26 Å². The topological polar surface area (TPSA) is 75.4 Å². The van der Waals surface area contributed by atoms with Gasteiger partial charge < -0.3 is 14.6 Å². The first-order valence-corrected chi connectivity index (χ1v) is 9.73. The summed E-state index contributed by atoms with van der Waals surface area (Å²) < 4.78 is 5.45. The van der Waals surface area contributed by atoms with E-state index in [1.807, 2.05) is 58.0 Å². The van der Waals surface area contributed by atoms with Crippen molar-refractivity contribution in [3.05, 3.63) is 59.8 Å². The van der Waals surface area contributed by atoms with Gasteiger partial charge in [-0.15, -0.1) is 0 Å². The maximum atomic E-state index is 12.7. The van der Waals surface area contributed by atoms with Crippen LogP contribution in [0.15, 0.2) is 47.1 Å². The SMILES string of the molecule is CCC(C)NC(=O)c1coc(CN(C(=O)/C=C/c2ccccc2)C(C)CC)n1. The number of hydrogen-bond donors (Lipinski definition) is 1. The fraction of sp³-hybridized carbons (Fsp3) is 0.409. The Morgan fingerprint density at radius 2 is 1.89 bits per heavy atom. The predicted molar refractivity (Wildman–Crippen MR) is 110 cm³/mol. The lowest BCUT2D eigenvalue weighted by Gasteiger charge is -2.26. The van der Waals surface area contributed by atoms with Crippen LogP contribution in [0, 0.1) is 0 Å². The number of carbonyl (C=O) groups is 2. The van der Waals surface area contributed by atoms with Gasteiger partial charge in [0.15, 0.2) is 5.69 Å². The van der Waals surface area contributed by atoms with Crippen molar-refractivity contribution < 1.29 is 14.0 Å². The molecule has 0 bridgehead atoms. The van der Waals surface area contributed by atoms with E-state index in [0.29, 0.717) is 5.89 Å². The number of nitrogens with one attached hydrogen (secondary N) is 1. The average molecular weight is 383 g/mol. The Morgan fingerprint density at radius 3 is 2.54 bits per heavy atom. The normalized spacial score (nSPS) is 13.3. The third-order valence-corrected chi connectivity index (χ3v) is 4.70. The van der Waals surface area contributed by atoms with E-state index >= 15 is 0 Å². The summed E-state index contributed by atoms with van der Waals surface area (Å²) in [5, 5.41) is 2.85. The number of aromatic nitrogens is 1. The monoisotopic (exact) mass is 383 g/mol. The number of hydrogen-bond acceptors (Lipinski definition) is 4. The van der Waals surface area contributed by atoms with E-state index < -0.39 is 0 Å². The molecule has 2 rings (SSSR count). The summed E-state index contributed by atoms with van der Waals surface area (Å²) >= 11 is 0. The zero-order valence-electron chi connectivity index (χ0n) is 17.0. The third-order valence-electron chi connectivity index (χ3n) is 4.70. The van der Waals surface area contributed by atoms with Crippen molar-refractivity contribution in [2.45, 2.75) is 59.2 Å². The Bertz CT molecular complexity index is 798. The molecule has 0 aliphatic carbocycles. The van der Waals surface area contributed by atoms with Gasteiger partial charge in [0.1, 0.15) is 6.26 Å². The molecule has 1 aromatic carbocycles. The lowest BCUT2D eigenvalue weighted by atomic mass is 10.2. The van der Waals surface area contributed by atoms with Gasteiger partial charge in [-0.05, 0) is 38.3 Å². The van der Waals surface area contributed by atoms with Crippen LogP contribution in [0.1, 0.15) is 62.5 Å². The number of carbonyl (C=O) groups excluding carboxylic acids is 2. The number of oxazole rings is 1. The summed E-state index contributed by atoms with van der Waals surface area (Å²) in [6, 6.07) is 9.74. The Balaban J connectivity index is 2.09. The van der Waals surface area contributed by atoms with Crippen molar-refractivity contribution in [2.75, 3.05) is 0 Å². The van der Waals surface area contributed by atoms with Crippen LogP contribution in [0.4, 0.5) is 0 Å². The second kappa shape index (κ2) is 10.4. The summed E-state index contributed by atoms with van der Waals surface area (Å²) in [5.74, 6) is -0.0483. The van der Waals surface area contributed by atoms with Gasteiger partial charge in [0, 0.05) is 18.2 Å². The van der Waals surface area contributed by atoms with Crippen molar-refractivity contribution in [3.8, 4) is 0 Å². The molecular formula is C22H29N3O3. The van der Waals surface area contributed by atoms with Crippen LogP contribution in [-0.2, 0) is 11.3 Å². The van der Waals surface area contributed by atoms with Gasteiger partial charge >= 0.3 is 0 Å². The molecule has 2 unspecified atom stereocenters. The first-order valence-electron chi connectivity index (χ1n) is 9.73. The van der Waals surface area contributed by atoms with Gasteiger partial charge in [0.25, 0.3) is 5.91 Å². The lowest BCUT2D eigenvalue weighted by Crippen LogP contribution is -2.37. The van der Waals surface area contributed by atoms with Crippen LogP contribution in [0.2, 0.25) is 0 Å². The summed E-state index contributed by atoms with van der Waals surface area (Å²) in [6.07, 6.45) is 6.32. The number of benzene rings is 1. The van der Waals surface area contributed by atoms with Crippen molar-refractivity contribution in [3.63, 3.8) is 0 Å². The molecule has 150 valence electrons. The molecule has 0 saturated carbocycles. The maximum Gasteiger partial charge on any atom is 0.273 e. The number of amides is 2. The number of rotatable bonds is 9. The standard InChI is InChI=1S/C22H29N3O3/c1-5-16(3)23-22(27)19-15-28-20(24-19)14-25(17(4)6-2)21(26)13-12-18-10-8-7-9-11-18/h7-13,15-17H,5-6,14H2,1-4H3,(H,23,27)/b13-12+. The Morgan fingerprint density at radius 1 is 1.18 bits per heavy atom. The summed E-state index contributed by atoms with van der Waals surface area (Å²) in [5.41, 5.74) is 1.19. The van der Waals surface area contributed by atoms with Crippen molar-refractivity contribution in [1.29, 1.82) is 0 Å². The van der Waals surface area contributed by atoms with Crippen LogP contribution in [0.5, 0.6) is 0 Å². The minimum absolute atomic E-state index is 0.0113. The molecule has 0 aliphatic heterocycles. The molecule has 2 atom stereocenters. The predicted octanol–water partition coefficient (Wildman–Crippen LogP) is 4.04. The molecule has 1 heterocycles. The van der Waals surface area contributed by atoms with Crippen LogP contribution in [0.25, 0.3) is 6.08 Å². The Kier molecular flexibility index (Phi) is 7.99. The van der Waals surface area contributed by atoms with Gasteiger partial charge in [0.2, 0.25) is 11.8 Å². The van der Waals surface area contributed by atoms with Crippen LogP contribution in [0.3, 0.4) is 0 Å². The molecule has 0 aliphatic rings. The fourth-order valence-corrected chi connectivity index (χ4v) is 2.53. The van der Waals surface area contributed by atoms with Gasteiger partial charge in [-0.2, -0.15) is 0 Å². The molecule has 0 saturated heterocycles. The highest BCUT2D eigenvalue weighted by Crippen LogP contribution is 2.13. The lowest BCUT2D eigenvalue weighted by molar-refractivity contribution is -0.129. The summed E-state index contributed by atoms with van der Waals surface area (Å²) in [4.78, 5) is 30.9. The highest BCUT2D eigenvalue weighted by molar-refractivity contribution is 5.92. The van der Waals surface area contributed by atoms with Crippen LogP contribution < -0.4 is 5.32 Å². The van der Waals surface area contributed by atoms with E-state index in [2.05, 4.69) is 10.3 Å². The molecule has 1 aromatic heterocycles. The van der Waals surface area contributed by atoms with E-state index in [-0.39, 0.29) is 36.1 Å². The van der Waals surface area contributed by atoms with E-state index in [4.69, 9.17) is 4.42 Å². The smallest absolute Gasteiger partial charge is 0.273 e. The molecule has 0 spiro atoms. The Labute approximate surface area is 166 Å². The molecule has 6 heteroatoms. The van der Waals surface area contributed by atoms with Crippen molar-refractivity contribution >= 4 is 17.9 Å². The molecule has 0 radical (unpaired) electrons. The first-order chi connectivity index (χ1) is 13.4. The maximum absolute atomic E-state index is 12.7. The first kappa shape index (κ1) is 21.4. The number of nitrogens with zero attached hydrogens (tertiary/aromatic N) is 2. The van der Waals surface area contributed by atoms with Gasteiger partial charge in [-0.25, -0.2) is 4.98 Å². The molecule has 2 amide bonds. The quantitative estimate of drug-likeness (QED) is 0.663. The Hall–Kier alpha value is -2.89. The van der Waals surface area contributed by atoms with Crippen LogP contribution in [-0.4, -0.2) is 33.8 Å². The second-order valence-electron chi connectivity index (χ2n) is 6.88. The largest absolute Gasteiger partial charge is 0.446 e. The minimum Gasteiger partial charge on any atom is -0.446 e. The fourth-order valence-electron chi connectivity index (χ4n) is 2.53. The third kappa shape index (κ3) is 6.08. The van der Waals surface area contributed by atoms with Gasteiger partial charge in [0.05, 0.1) is 6.54 Å².